The third-order valence-electron chi connectivity index (χ3n) is 5.73. The molecule has 0 saturated carbocycles. The lowest BCUT2D eigenvalue weighted by Crippen LogP contribution is -2.52. The van der Waals surface area contributed by atoms with Crippen molar-refractivity contribution < 1.29 is 19.1 Å². The van der Waals surface area contributed by atoms with Crippen LogP contribution in [-0.4, -0.2) is 50.5 Å². The third kappa shape index (κ3) is 3.56. The highest BCUT2D eigenvalue weighted by Gasteiger charge is 2.39. The number of nitrogens with one attached hydrogen (secondary N) is 1. The quantitative estimate of drug-likeness (QED) is 0.618. The fourth-order valence-corrected chi connectivity index (χ4v) is 4.16. The minimum atomic E-state index is -0.624. The second kappa shape index (κ2) is 8.01. The van der Waals surface area contributed by atoms with E-state index in [1.54, 1.807) is 22.8 Å². The molecule has 1 aromatic carbocycles. The van der Waals surface area contributed by atoms with Gasteiger partial charge in [-0.2, -0.15) is 5.10 Å². The Morgan fingerprint density at radius 2 is 2.03 bits per heavy atom. The van der Waals surface area contributed by atoms with Gasteiger partial charge in [0.1, 0.15) is 6.04 Å². The molecule has 1 saturated heterocycles. The van der Waals surface area contributed by atoms with Crippen molar-refractivity contribution in [1.82, 2.24) is 25.0 Å². The Morgan fingerprint density at radius 3 is 2.84 bits per heavy atom. The normalized spacial score (nSPS) is 18.1. The van der Waals surface area contributed by atoms with Gasteiger partial charge in [0.15, 0.2) is 5.82 Å². The molecular formula is C23H21N5O4. The first kappa shape index (κ1) is 20.1. The number of hydrogen-bond acceptors (Lipinski definition) is 6. The van der Waals surface area contributed by atoms with Gasteiger partial charge in [0.25, 0.3) is 5.91 Å². The Labute approximate surface area is 184 Å². The average Bonchev–Trinajstić information content (AvgIpc) is 3.40. The van der Waals surface area contributed by atoms with E-state index in [0.29, 0.717) is 31.0 Å². The molecule has 3 aromatic rings. The zero-order valence-electron chi connectivity index (χ0n) is 17.4. The van der Waals surface area contributed by atoms with E-state index < -0.39 is 11.9 Å². The summed E-state index contributed by atoms with van der Waals surface area (Å²) in [5, 5.41) is 6.96. The van der Waals surface area contributed by atoms with Crippen LogP contribution in [-0.2, 0) is 27.5 Å². The first-order chi connectivity index (χ1) is 15.5. The minimum absolute atomic E-state index is 0.189. The zero-order valence-corrected chi connectivity index (χ0v) is 17.4. The molecule has 2 aliphatic heterocycles. The molecule has 0 bridgehead atoms. The number of ether oxygens (including phenoxy) is 1. The van der Waals surface area contributed by atoms with Crippen molar-refractivity contribution in [3.05, 3.63) is 65.5 Å². The van der Waals surface area contributed by atoms with Gasteiger partial charge >= 0.3 is 0 Å². The third-order valence-corrected chi connectivity index (χ3v) is 5.73. The van der Waals surface area contributed by atoms with Gasteiger partial charge in [-0.05, 0) is 42.3 Å². The van der Waals surface area contributed by atoms with Crippen molar-refractivity contribution in [3.63, 3.8) is 0 Å². The standard InChI is InChI=1S/C23H21N5O4/c1-32-13-16-3-2-4-20(24-16)28-10-9-18(26-28)14-5-6-17-15(11-14)12-27(23(17)31)19-7-8-21(29)25-22(19)30/h2-6,9-11,19H,7-8,12-13H2,1H3,(H,25,29,30)/t19-/m1/s1. The summed E-state index contributed by atoms with van der Waals surface area (Å²) in [4.78, 5) is 42.6. The molecule has 1 atom stereocenters. The van der Waals surface area contributed by atoms with Gasteiger partial charge in [-0.25, -0.2) is 9.67 Å². The largest absolute Gasteiger partial charge is 0.378 e. The SMILES string of the molecule is COCc1cccc(-n2ccc(-c3ccc4c(c3)CN([C@@H]3CCC(=O)NC3=O)C4=O)n2)n1. The molecule has 2 aliphatic rings. The van der Waals surface area contributed by atoms with Gasteiger partial charge in [0.2, 0.25) is 11.8 Å². The van der Waals surface area contributed by atoms with Crippen molar-refractivity contribution >= 4 is 17.7 Å². The number of rotatable bonds is 5. The number of carbonyl (C=O) groups excluding carboxylic acids is 3. The maximum atomic E-state index is 12.9. The second-order valence-electron chi connectivity index (χ2n) is 7.84. The van der Waals surface area contributed by atoms with Gasteiger partial charge in [-0.3, -0.25) is 19.7 Å². The van der Waals surface area contributed by atoms with Crippen LogP contribution < -0.4 is 5.32 Å². The van der Waals surface area contributed by atoms with E-state index in [1.807, 2.05) is 42.6 Å². The lowest BCUT2D eigenvalue weighted by atomic mass is 10.0. The van der Waals surface area contributed by atoms with Crippen LogP contribution in [0, 0.1) is 0 Å². The van der Waals surface area contributed by atoms with E-state index in [9.17, 15) is 14.4 Å². The molecule has 1 fully saturated rings. The molecule has 32 heavy (non-hydrogen) atoms. The molecule has 0 radical (unpaired) electrons. The number of hydrogen-bond donors (Lipinski definition) is 1. The lowest BCUT2D eigenvalue weighted by molar-refractivity contribution is -0.136. The van der Waals surface area contributed by atoms with Crippen molar-refractivity contribution in [2.75, 3.05) is 7.11 Å². The molecule has 1 N–H and O–H groups in total. The number of nitrogens with zero attached hydrogens (tertiary/aromatic N) is 4. The monoisotopic (exact) mass is 431 g/mol. The highest BCUT2D eigenvalue weighted by Crippen LogP contribution is 2.30. The summed E-state index contributed by atoms with van der Waals surface area (Å²) in [5.41, 5.74) is 3.84. The average molecular weight is 431 g/mol. The number of methoxy groups -OCH3 is 1. The lowest BCUT2D eigenvalue weighted by Gasteiger charge is -2.29. The Kier molecular flexibility index (Phi) is 5.02. The van der Waals surface area contributed by atoms with Crippen LogP contribution in [0.4, 0.5) is 0 Å². The molecule has 2 aromatic heterocycles. The number of carbonyl (C=O) groups is 3. The van der Waals surface area contributed by atoms with Crippen molar-refractivity contribution in [2.24, 2.45) is 0 Å². The van der Waals surface area contributed by atoms with Crippen LogP contribution in [0.3, 0.4) is 0 Å². The van der Waals surface area contributed by atoms with E-state index >= 15 is 0 Å². The molecular weight excluding hydrogens is 410 g/mol. The molecule has 3 amide bonds. The summed E-state index contributed by atoms with van der Waals surface area (Å²) in [7, 11) is 1.63. The Bertz CT molecular complexity index is 1230. The minimum Gasteiger partial charge on any atom is -0.378 e. The topological polar surface area (TPSA) is 106 Å². The number of benzene rings is 1. The fourth-order valence-electron chi connectivity index (χ4n) is 4.16. The van der Waals surface area contributed by atoms with Crippen LogP contribution >= 0.6 is 0 Å². The van der Waals surface area contributed by atoms with Gasteiger partial charge in [0.05, 0.1) is 18.0 Å². The predicted octanol–water partition coefficient (Wildman–Crippen LogP) is 1.84. The number of aromatic nitrogens is 3. The highest BCUT2D eigenvalue weighted by atomic mass is 16.5. The van der Waals surface area contributed by atoms with Crippen molar-refractivity contribution in [3.8, 4) is 17.1 Å². The highest BCUT2D eigenvalue weighted by molar-refractivity contribution is 6.05. The summed E-state index contributed by atoms with van der Waals surface area (Å²) in [6.45, 7) is 0.750. The molecule has 9 nitrogen and oxygen atoms in total. The van der Waals surface area contributed by atoms with Crippen LogP contribution in [0.1, 0.15) is 34.5 Å². The summed E-state index contributed by atoms with van der Waals surface area (Å²) >= 11 is 0. The van der Waals surface area contributed by atoms with Gasteiger partial charge in [0, 0.05) is 37.4 Å². The van der Waals surface area contributed by atoms with Gasteiger partial charge in [-0.1, -0.05) is 12.1 Å². The maximum absolute atomic E-state index is 12.9. The molecule has 9 heteroatoms. The molecule has 0 spiro atoms. The molecule has 0 unspecified atom stereocenters. The first-order valence-corrected chi connectivity index (χ1v) is 10.3. The number of fused-ring (bicyclic) bond motifs is 1. The molecule has 0 aliphatic carbocycles. The van der Waals surface area contributed by atoms with Crippen LogP contribution in [0.25, 0.3) is 17.1 Å². The first-order valence-electron chi connectivity index (χ1n) is 10.3. The second-order valence-corrected chi connectivity index (χ2v) is 7.84. The number of pyridine rings is 1. The Morgan fingerprint density at radius 1 is 1.16 bits per heavy atom. The van der Waals surface area contributed by atoms with Crippen molar-refractivity contribution in [1.29, 1.82) is 0 Å². The fraction of sp³-hybridized carbons (Fsp3) is 0.261. The summed E-state index contributed by atoms with van der Waals surface area (Å²) < 4.78 is 6.84. The zero-order chi connectivity index (χ0) is 22.2. The Balaban J connectivity index is 1.39. The van der Waals surface area contributed by atoms with Gasteiger partial charge in [-0.15, -0.1) is 0 Å². The smallest absolute Gasteiger partial charge is 0.255 e. The summed E-state index contributed by atoms with van der Waals surface area (Å²) in [6, 6.07) is 12.5. The Hall–Kier alpha value is -3.85. The van der Waals surface area contributed by atoms with Crippen LogP contribution in [0.5, 0.6) is 0 Å². The summed E-state index contributed by atoms with van der Waals surface area (Å²) in [5.74, 6) is -0.211. The predicted molar refractivity (Wildman–Crippen MR) is 114 cm³/mol. The van der Waals surface area contributed by atoms with E-state index in [1.165, 1.54) is 0 Å². The maximum Gasteiger partial charge on any atom is 0.255 e. The number of imide groups is 1. The van der Waals surface area contributed by atoms with E-state index in [2.05, 4.69) is 15.4 Å². The van der Waals surface area contributed by atoms with Crippen LogP contribution in [0.15, 0.2) is 48.7 Å². The number of amides is 3. The van der Waals surface area contributed by atoms with E-state index in [-0.39, 0.29) is 18.2 Å². The molecule has 162 valence electrons. The molecule has 4 heterocycles. The number of piperidine rings is 1. The van der Waals surface area contributed by atoms with E-state index in [0.717, 1.165) is 22.5 Å². The van der Waals surface area contributed by atoms with Crippen LogP contribution in [0.2, 0.25) is 0 Å². The van der Waals surface area contributed by atoms with Gasteiger partial charge < -0.3 is 9.64 Å². The van der Waals surface area contributed by atoms with E-state index in [4.69, 9.17) is 4.74 Å². The van der Waals surface area contributed by atoms with Crippen molar-refractivity contribution in [2.45, 2.75) is 32.0 Å². The molecule has 5 rings (SSSR count). The summed E-state index contributed by atoms with van der Waals surface area (Å²) in [6.07, 6.45) is 2.41.